The van der Waals surface area contributed by atoms with Crippen molar-refractivity contribution in [1.29, 1.82) is 0 Å². The van der Waals surface area contributed by atoms with E-state index in [0.29, 0.717) is 25.9 Å². The Morgan fingerprint density at radius 3 is 2.63 bits per heavy atom. The van der Waals surface area contributed by atoms with Gasteiger partial charge in [-0.05, 0) is 37.0 Å². The van der Waals surface area contributed by atoms with Gasteiger partial charge in [-0.3, -0.25) is 14.9 Å². The molecule has 0 saturated carbocycles. The molecule has 1 atom stereocenters. The predicted octanol–water partition coefficient (Wildman–Crippen LogP) is 2.07. The first-order valence-electron chi connectivity index (χ1n) is 6.74. The smallest absolute Gasteiger partial charge is 0.230 e. The van der Waals surface area contributed by atoms with Crippen molar-refractivity contribution in [2.45, 2.75) is 32.6 Å². The highest BCUT2D eigenvalue weighted by atomic mass is 16.5. The Hall–Kier alpha value is -1.84. The van der Waals surface area contributed by atoms with E-state index in [1.165, 1.54) is 0 Å². The van der Waals surface area contributed by atoms with Crippen molar-refractivity contribution in [2.75, 3.05) is 6.61 Å². The molecule has 0 spiro atoms. The van der Waals surface area contributed by atoms with Gasteiger partial charge in [-0.25, -0.2) is 0 Å². The molecule has 0 aromatic heterocycles. The lowest BCUT2D eigenvalue weighted by Gasteiger charge is -2.20. The van der Waals surface area contributed by atoms with Gasteiger partial charge < -0.3 is 4.74 Å². The van der Waals surface area contributed by atoms with Crippen LogP contribution in [0.25, 0.3) is 0 Å². The second-order valence-corrected chi connectivity index (χ2v) is 4.84. The Morgan fingerprint density at radius 1 is 1.26 bits per heavy atom. The summed E-state index contributed by atoms with van der Waals surface area (Å²) in [7, 11) is 0. The largest absolute Gasteiger partial charge is 0.494 e. The molecule has 1 N–H and O–H groups in total. The van der Waals surface area contributed by atoms with E-state index in [-0.39, 0.29) is 17.7 Å². The van der Waals surface area contributed by atoms with Gasteiger partial charge in [-0.15, -0.1) is 0 Å². The molecule has 1 aliphatic heterocycles. The molecule has 1 aromatic carbocycles. The average molecular weight is 261 g/mol. The maximum absolute atomic E-state index is 11.7. The normalized spacial score (nSPS) is 19.1. The zero-order valence-electron chi connectivity index (χ0n) is 11.1. The molecule has 102 valence electrons. The maximum atomic E-state index is 11.7. The van der Waals surface area contributed by atoms with E-state index < -0.39 is 0 Å². The number of carbonyl (C=O) groups is 2. The van der Waals surface area contributed by atoms with E-state index in [1.54, 1.807) is 0 Å². The Balaban J connectivity index is 1.92. The van der Waals surface area contributed by atoms with Crippen molar-refractivity contribution in [3.63, 3.8) is 0 Å². The van der Waals surface area contributed by atoms with Crippen LogP contribution in [0.1, 0.15) is 31.7 Å². The minimum absolute atomic E-state index is 0.0971. The number of ether oxygens (including phenoxy) is 1. The van der Waals surface area contributed by atoms with Gasteiger partial charge in [-0.2, -0.15) is 0 Å². The van der Waals surface area contributed by atoms with Crippen LogP contribution in [0.15, 0.2) is 24.3 Å². The first-order valence-corrected chi connectivity index (χ1v) is 6.74. The van der Waals surface area contributed by atoms with E-state index in [0.717, 1.165) is 17.7 Å². The first kappa shape index (κ1) is 13.6. The van der Waals surface area contributed by atoms with Crippen molar-refractivity contribution in [3.05, 3.63) is 29.8 Å². The predicted molar refractivity (Wildman–Crippen MR) is 71.8 cm³/mol. The number of amides is 2. The van der Waals surface area contributed by atoms with E-state index in [2.05, 4.69) is 12.2 Å². The van der Waals surface area contributed by atoms with Crippen LogP contribution in [-0.2, 0) is 16.0 Å². The van der Waals surface area contributed by atoms with Crippen LogP contribution in [-0.4, -0.2) is 18.4 Å². The zero-order chi connectivity index (χ0) is 13.7. The van der Waals surface area contributed by atoms with Crippen LogP contribution in [0, 0.1) is 5.92 Å². The molecule has 1 fully saturated rings. The average Bonchev–Trinajstić information content (AvgIpc) is 2.41. The third kappa shape index (κ3) is 3.81. The Morgan fingerprint density at radius 2 is 2.00 bits per heavy atom. The topological polar surface area (TPSA) is 55.4 Å². The van der Waals surface area contributed by atoms with Crippen molar-refractivity contribution in [1.82, 2.24) is 5.32 Å². The Kier molecular flexibility index (Phi) is 4.55. The van der Waals surface area contributed by atoms with Crippen molar-refractivity contribution >= 4 is 11.8 Å². The summed E-state index contributed by atoms with van der Waals surface area (Å²) < 4.78 is 5.51. The summed E-state index contributed by atoms with van der Waals surface area (Å²) in [5.74, 6) is 0.445. The van der Waals surface area contributed by atoms with Gasteiger partial charge in [0, 0.05) is 12.3 Å². The molecule has 4 nitrogen and oxygen atoms in total. The lowest BCUT2D eigenvalue weighted by molar-refractivity contribution is -0.136. The summed E-state index contributed by atoms with van der Waals surface area (Å²) >= 11 is 0. The number of piperidine rings is 1. The number of rotatable bonds is 5. The van der Waals surface area contributed by atoms with Crippen molar-refractivity contribution in [3.8, 4) is 5.75 Å². The van der Waals surface area contributed by atoms with Gasteiger partial charge in [0.2, 0.25) is 11.8 Å². The molecule has 2 amide bonds. The minimum Gasteiger partial charge on any atom is -0.494 e. The summed E-state index contributed by atoms with van der Waals surface area (Å²) in [5, 5.41) is 2.39. The molecule has 19 heavy (non-hydrogen) atoms. The second kappa shape index (κ2) is 6.36. The zero-order valence-corrected chi connectivity index (χ0v) is 11.1. The van der Waals surface area contributed by atoms with E-state index in [1.807, 2.05) is 24.3 Å². The van der Waals surface area contributed by atoms with Gasteiger partial charge in [0.05, 0.1) is 6.61 Å². The van der Waals surface area contributed by atoms with Crippen LogP contribution in [0.2, 0.25) is 0 Å². The number of benzene rings is 1. The third-order valence-electron chi connectivity index (χ3n) is 3.23. The van der Waals surface area contributed by atoms with E-state index in [4.69, 9.17) is 4.74 Å². The number of nitrogens with one attached hydrogen (secondary N) is 1. The highest BCUT2D eigenvalue weighted by Gasteiger charge is 2.26. The fourth-order valence-corrected chi connectivity index (χ4v) is 2.16. The highest BCUT2D eigenvalue weighted by molar-refractivity contribution is 5.98. The lowest BCUT2D eigenvalue weighted by atomic mass is 9.91. The molecule has 2 rings (SSSR count). The van der Waals surface area contributed by atoms with Crippen LogP contribution >= 0.6 is 0 Å². The molecule has 0 bridgehead atoms. The highest BCUT2D eigenvalue weighted by Crippen LogP contribution is 2.20. The van der Waals surface area contributed by atoms with Crippen LogP contribution in [0.4, 0.5) is 0 Å². The summed E-state index contributed by atoms with van der Waals surface area (Å²) in [6.45, 7) is 2.78. The standard InChI is InChI=1S/C15H19NO3/c1-2-9-19-13-6-3-11(4-7-13)10-12-5-8-14(17)16-15(12)18/h3-4,6-7,12H,2,5,8-10H2,1H3,(H,16,17,18)/t12-/m0/s1. The Labute approximate surface area is 113 Å². The third-order valence-corrected chi connectivity index (χ3v) is 3.23. The minimum atomic E-state index is -0.162. The lowest BCUT2D eigenvalue weighted by Crippen LogP contribution is -2.41. The summed E-state index contributed by atoms with van der Waals surface area (Å²) in [6, 6.07) is 7.82. The molecule has 0 unspecified atom stereocenters. The monoisotopic (exact) mass is 261 g/mol. The van der Waals surface area contributed by atoms with Gasteiger partial charge in [0.1, 0.15) is 5.75 Å². The molecular formula is C15H19NO3. The molecule has 1 aromatic rings. The van der Waals surface area contributed by atoms with E-state index in [9.17, 15) is 9.59 Å². The molecular weight excluding hydrogens is 242 g/mol. The van der Waals surface area contributed by atoms with Gasteiger partial charge in [-0.1, -0.05) is 19.1 Å². The fourth-order valence-electron chi connectivity index (χ4n) is 2.16. The van der Waals surface area contributed by atoms with Crippen molar-refractivity contribution in [2.24, 2.45) is 5.92 Å². The molecule has 0 radical (unpaired) electrons. The first-order chi connectivity index (χ1) is 9.19. The fraction of sp³-hybridized carbons (Fsp3) is 0.467. The van der Waals surface area contributed by atoms with Crippen molar-refractivity contribution < 1.29 is 14.3 Å². The van der Waals surface area contributed by atoms with Gasteiger partial charge >= 0.3 is 0 Å². The summed E-state index contributed by atoms with van der Waals surface area (Å²) in [4.78, 5) is 22.7. The van der Waals surface area contributed by atoms with Crippen LogP contribution in [0.5, 0.6) is 5.75 Å². The maximum Gasteiger partial charge on any atom is 0.230 e. The quantitative estimate of drug-likeness (QED) is 0.825. The molecule has 1 heterocycles. The van der Waals surface area contributed by atoms with E-state index >= 15 is 0 Å². The van der Waals surface area contributed by atoms with Crippen LogP contribution in [0.3, 0.4) is 0 Å². The molecule has 1 saturated heterocycles. The number of carbonyl (C=O) groups excluding carboxylic acids is 2. The summed E-state index contributed by atoms with van der Waals surface area (Å²) in [5.41, 5.74) is 1.10. The number of imide groups is 1. The van der Waals surface area contributed by atoms with Crippen LogP contribution < -0.4 is 10.1 Å². The molecule has 1 aliphatic rings. The summed E-state index contributed by atoms with van der Waals surface area (Å²) in [6.07, 6.45) is 2.73. The number of hydrogen-bond donors (Lipinski definition) is 1. The molecule has 4 heteroatoms. The SMILES string of the molecule is CCCOc1ccc(C[C@@H]2CCC(=O)NC2=O)cc1. The Bertz CT molecular complexity index is 453. The van der Waals surface area contributed by atoms with Gasteiger partial charge in [0.25, 0.3) is 0 Å². The van der Waals surface area contributed by atoms with Gasteiger partial charge in [0.15, 0.2) is 0 Å². The number of hydrogen-bond acceptors (Lipinski definition) is 3. The molecule has 0 aliphatic carbocycles. The second-order valence-electron chi connectivity index (χ2n) is 4.84.